The van der Waals surface area contributed by atoms with E-state index in [0.29, 0.717) is 138 Å². The van der Waals surface area contributed by atoms with Gasteiger partial charge in [-0.15, -0.1) is 34.0 Å². The highest BCUT2D eigenvalue weighted by Crippen LogP contribution is 2.43. The molecule has 134 heavy (non-hydrogen) atoms. The number of halogens is 6. The summed E-state index contributed by atoms with van der Waals surface area (Å²) in [5.41, 5.74) is 14.1. The number of carbonyl (C=O) groups is 3. The Balaban J connectivity index is 0.000000146. The predicted molar refractivity (Wildman–Crippen MR) is 532 cm³/mol. The van der Waals surface area contributed by atoms with Crippen molar-refractivity contribution in [1.82, 2.24) is 87.7 Å². The third-order valence-corrected chi connectivity index (χ3v) is 34.6. The topological polar surface area (TPSA) is 308 Å². The molecule has 3 aliphatic carbocycles. The Morgan fingerprint density at radius 2 is 0.604 bits per heavy atom. The summed E-state index contributed by atoms with van der Waals surface area (Å²) in [5.74, 6) is 20.3. The number of piperidine rings is 4. The number of ether oxygens (including phenoxy) is 1. The van der Waals surface area contributed by atoms with E-state index >= 15 is 0 Å². The van der Waals surface area contributed by atoms with Crippen molar-refractivity contribution < 1.29 is 44.4 Å². The molecule has 3 aromatic carbocycles. The molecule has 0 spiro atoms. The number of aromatic nitrogens is 6. The molecule has 9 aromatic rings. The van der Waals surface area contributed by atoms with Gasteiger partial charge in [-0.25, -0.2) is 29.1 Å². The van der Waals surface area contributed by atoms with Crippen LogP contribution >= 0.6 is 104 Å². The fourth-order valence-electron chi connectivity index (χ4n) is 18.2. The molecule has 0 unspecified atom stereocenters. The summed E-state index contributed by atoms with van der Waals surface area (Å²) < 4.78 is 103. The first-order valence-electron chi connectivity index (χ1n) is 46.4. The molecule has 3 amide bonds. The SMILES string of the molecule is O=C(NN1CCCCC1)c1nn(-c2ccc(Cl)cc2Cl)c(-c2ccc(C#CC3CCCC3)s2)c1CNS(=O)(=O)N1CCCC1.O=C(NN1CCCCC1)c1nn(-c2ccc(Cl)cc2Cl)c(-c2ccc(C#CC3CCCC3)s2)c1CNS(=O)(=O)N1CCCCC1.O=C(NN1CCCCC1)c1nn(-c2ccc(Cl)cc2Cl)c(-c2ccc(C#CC3CCCC3)s2)c1CNS(=O)(=O)N1CCOCC1. The van der Waals surface area contributed by atoms with Gasteiger partial charge >= 0.3 is 0 Å². The number of hydrogen-bond acceptors (Lipinski definition) is 19. The van der Waals surface area contributed by atoms with Gasteiger partial charge in [0.25, 0.3) is 48.3 Å². The van der Waals surface area contributed by atoms with Gasteiger partial charge in [-0.3, -0.25) is 30.7 Å². The average molecular weight is 2060 g/mol. The highest BCUT2D eigenvalue weighted by Gasteiger charge is 2.37. The molecule has 9 fully saturated rings. The van der Waals surface area contributed by atoms with Gasteiger partial charge in [-0.1, -0.05) is 169 Å². The Bertz CT molecular complexity index is 6000. The molecule has 714 valence electrons. The van der Waals surface area contributed by atoms with E-state index in [4.69, 9.17) is 89.6 Å². The van der Waals surface area contributed by atoms with Gasteiger partial charge in [0.1, 0.15) is 0 Å². The van der Waals surface area contributed by atoms with E-state index < -0.39 is 48.3 Å². The van der Waals surface area contributed by atoms with Crippen LogP contribution in [0.15, 0.2) is 91.0 Å². The Kier molecular flexibility index (Phi) is 34.7. The lowest BCUT2D eigenvalue weighted by atomic mass is 10.1. The fraction of sp³-hybridized carbons (Fsp3) is 0.489. The van der Waals surface area contributed by atoms with Crippen LogP contribution < -0.4 is 30.4 Å². The smallest absolute Gasteiger partial charge is 0.286 e. The zero-order valence-electron chi connectivity index (χ0n) is 74.5. The summed E-state index contributed by atoms with van der Waals surface area (Å²) in [7, 11) is -11.4. The van der Waals surface area contributed by atoms with Crippen LogP contribution in [0.2, 0.25) is 30.1 Å². The third kappa shape index (κ3) is 25.5. The molecule has 0 atom stereocenters. The molecule has 3 saturated carbocycles. The van der Waals surface area contributed by atoms with Crippen molar-refractivity contribution in [3.05, 3.63) is 170 Å². The van der Waals surface area contributed by atoms with Crippen LogP contribution in [0, 0.1) is 53.3 Å². The highest BCUT2D eigenvalue weighted by molar-refractivity contribution is 7.87. The lowest BCUT2D eigenvalue weighted by Gasteiger charge is -2.27. The summed E-state index contributed by atoms with van der Waals surface area (Å²) in [5, 5.41) is 22.6. The summed E-state index contributed by atoms with van der Waals surface area (Å²) in [6.07, 6.45) is 27.6. The molecule has 9 aliphatic rings. The Morgan fingerprint density at radius 3 is 0.881 bits per heavy atom. The second kappa shape index (κ2) is 46.6. The zero-order chi connectivity index (χ0) is 93.5. The van der Waals surface area contributed by atoms with Crippen LogP contribution in [-0.4, -0.2) is 192 Å². The molecule has 18 rings (SSSR count). The Morgan fingerprint density at radius 1 is 0.343 bits per heavy atom. The summed E-state index contributed by atoms with van der Waals surface area (Å²) in [4.78, 5) is 46.7. The van der Waals surface area contributed by atoms with Crippen LogP contribution in [0.3, 0.4) is 0 Å². The zero-order valence-corrected chi connectivity index (χ0v) is 83.9. The van der Waals surface area contributed by atoms with Crippen molar-refractivity contribution >= 4 is 152 Å². The van der Waals surface area contributed by atoms with Gasteiger partial charge in [0, 0.05) is 148 Å². The fourth-order valence-corrected chi connectivity index (χ4v) is 26.0. The maximum atomic E-state index is 13.9. The molecule has 6 aliphatic heterocycles. The second-order valence-electron chi connectivity index (χ2n) is 34.8. The van der Waals surface area contributed by atoms with Crippen LogP contribution in [0.4, 0.5) is 0 Å². The number of amides is 3. The van der Waals surface area contributed by atoms with Crippen LogP contribution in [0.1, 0.15) is 230 Å². The van der Waals surface area contributed by atoms with Gasteiger partial charge < -0.3 is 4.74 Å². The van der Waals surface area contributed by atoms with Crippen molar-refractivity contribution in [2.24, 2.45) is 17.8 Å². The molecule has 6 saturated heterocycles. The third-order valence-electron chi connectivity index (χ3n) is 25.3. The number of carbonyl (C=O) groups excluding carboxylic acids is 3. The van der Waals surface area contributed by atoms with E-state index in [1.54, 1.807) is 68.6 Å². The van der Waals surface area contributed by atoms with Crippen molar-refractivity contribution in [3.8, 4) is 84.3 Å². The number of hydrogen-bond donors (Lipinski definition) is 6. The number of hydrazine groups is 3. The van der Waals surface area contributed by atoms with Gasteiger partial charge in [-0.2, -0.15) is 67.6 Å². The molecule has 0 radical (unpaired) electrons. The number of thiophene rings is 3. The number of nitrogens with one attached hydrogen (secondary N) is 6. The van der Waals surface area contributed by atoms with E-state index in [2.05, 4.69) is 66.0 Å². The first kappa shape index (κ1) is 99.7. The molecule has 0 bridgehead atoms. The van der Waals surface area contributed by atoms with Crippen LogP contribution in [0.25, 0.3) is 48.8 Å². The lowest BCUT2D eigenvalue weighted by molar-refractivity contribution is 0.0724. The second-order valence-corrected chi connectivity index (χ2v) is 45.9. The number of benzene rings is 3. The summed E-state index contributed by atoms with van der Waals surface area (Å²) in [6.45, 7) is 7.05. The van der Waals surface area contributed by atoms with Gasteiger partial charge in [0.2, 0.25) is 0 Å². The summed E-state index contributed by atoms with van der Waals surface area (Å²) in [6, 6.07) is 27.0. The monoisotopic (exact) mass is 2050 g/mol. The van der Waals surface area contributed by atoms with Crippen LogP contribution in [-0.2, 0) is 55.0 Å². The van der Waals surface area contributed by atoms with E-state index in [1.165, 1.54) is 85.5 Å². The van der Waals surface area contributed by atoms with Crippen molar-refractivity contribution in [2.75, 3.05) is 91.8 Å². The minimum absolute atomic E-state index is 0.109. The van der Waals surface area contributed by atoms with Crippen molar-refractivity contribution in [3.63, 3.8) is 0 Å². The molecule has 40 heteroatoms. The van der Waals surface area contributed by atoms with E-state index in [-0.39, 0.29) is 49.8 Å². The standard InChI is InChI=1S/C32H38Cl2N6O3S2.C31H36Cl2N6O4S2.C31H36Cl2N6O3S2/c33-24-12-15-28(27(34)21-24)40-31(29-16-14-25(44-29)13-11-23-9-3-4-10-23)26(22-35-45(42,43)39-19-7-2-8-20-39)30(36-40)32(41)37-38-17-5-1-6-18-38;32-23-9-12-27(26(33)20-23)39-30(28-13-11-24(44-28)10-8-22-6-2-3-7-22)25(21-34-45(41,42)38-16-18-43-19-17-38)29(35-39)31(40)36-37-14-4-1-5-15-37;32-23-11-14-27(26(33)20-23)39-30(28-15-13-24(43-28)12-10-22-8-2-3-9-22)25(21-34-44(41,42)38-18-6-7-19-38)29(35-39)31(40)36-37-16-4-1-5-17-37/h12,14-16,21,23,35H,1-10,17-20,22H2,(H,37,41);9,11-13,20,22,34H,1-7,14-19,21H2,(H,36,40);11,13-15,20,22,34H,1-9,16-19,21H2,(H,36,40). The average Bonchev–Trinajstić information content (AvgIpc) is 1.61. The number of morpholine rings is 1. The molecular formula is C94H110Cl6N18O10S6. The minimum Gasteiger partial charge on any atom is -0.379 e. The molecule has 6 N–H and O–H groups in total. The Labute approximate surface area is 827 Å². The minimum atomic E-state index is -3.87. The number of nitrogens with zero attached hydrogens (tertiary/aromatic N) is 12. The molecule has 12 heterocycles. The number of rotatable bonds is 24. The van der Waals surface area contributed by atoms with E-state index in [0.717, 1.165) is 197 Å². The Hall–Kier alpha value is -7.33. The first-order valence-corrected chi connectivity index (χ1v) is 55.5. The highest BCUT2D eigenvalue weighted by atomic mass is 35.5. The predicted octanol–water partition coefficient (Wildman–Crippen LogP) is 17.7. The molecule has 6 aromatic heterocycles. The van der Waals surface area contributed by atoms with E-state index in [9.17, 15) is 39.6 Å². The lowest BCUT2D eigenvalue weighted by Crippen LogP contribution is -2.47. The largest absolute Gasteiger partial charge is 0.379 e. The summed E-state index contributed by atoms with van der Waals surface area (Å²) >= 11 is 43.3. The van der Waals surface area contributed by atoms with Gasteiger partial charge in [0.15, 0.2) is 17.1 Å². The first-order chi connectivity index (χ1) is 64.8. The quantitative estimate of drug-likeness (QED) is 0.0306. The van der Waals surface area contributed by atoms with Crippen molar-refractivity contribution in [1.29, 1.82) is 0 Å². The molecule has 28 nitrogen and oxygen atoms in total. The van der Waals surface area contributed by atoms with Gasteiger partial charge in [0.05, 0.1) is 91.7 Å². The molecular weight excluding hydrogens is 1950 g/mol. The maximum absolute atomic E-state index is 13.9. The van der Waals surface area contributed by atoms with Gasteiger partial charge in [-0.05, 0) is 194 Å². The normalized spacial score (nSPS) is 18.5. The van der Waals surface area contributed by atoms with Crippen LogP contribution in [0.5, 0.6) is 0 Å². The van der Waals surface area contributed by atoms with E-state index in [1.807, 2.05) is 51.4 Å². The maximum Gasteiger partial charge on any atom is 0.286 e. The van der Waals surface area contributed by atoms with Crippen molar-refractivity contribution in [2.45, 2.75) is 187 Å².